The number of nitrogens with zero attached hydrogens (tertiary/aromatic N) is 2. The van der Waals surface area contributed by atoms with Crippen LogP contribution in [0.2, 0.25) is 0 Å². The second-order valence-electron chi connectivity index (χ2n) is 14.4. The van der Waals surface area contributed by atoms with Gasteiger partial charge in [-0.1, -0.05) is 130 Å². The summed E-state index contributed by atoms with van der Waals surface area (Å²) < 4.78 is 163. The molecule has 0 rings (SSSR count). The molecule has 0 aliphatic heterocycles. The zero-order chi connectivity index (χ0) is 42.0. The van der Waals surface area contributed by atoms with Crippen LogP contribution < -0.4 is 0 Å². The molecule has 0 amide bonds. The molecule has 0 heterocycles. The monoisotopic (exact) mass is 846 g/mol. The van der Waals surface area contributed by atoms with E-state index in [9.17, 15) is 60.7 Å². The molecule has 0 aliphatic rings. The van der Waals surface area contributed by atoms with E-state index in [1.54, 1.807) is 0 Å². The maximum absolute atomic E-state index is 12.3. The molecular weight excluding hydrogens is 779 g/mol. The van der Waals surface area contributed by atoms with Crippen molar-refractivity contribution in [2.75, 3.05) is 26.2 Å². The summed E-state index contributed by atoms with van der Waals surface area (Å²) in [6, 6.07) is 0. The third-order valence-corrected chi connectivity index (χ3v) is 12.8. The summed E-state index contributed by atoms with van der Waals surface area (Å²) in [5.74, 6) is 0. The van der Waals surface area contributed by atoms with Crippen LogP contribution in [0.1, 0.15) is 182 Å². The van der Waals surface area contributed by atoms with Gasteiger partial charge in [-0.2, -0.15) is 43.9 Å². The lowest BCUT2D eigenvalue weighted by atomic mass is 10.0. The maximum atomic E-state index is 12.3. The number of quaternary nitrogens is 1. The van der Waals surface area contributed by atoms with Crippen molar-refractivity contribution in [3.63, 3.8) is 0 Å². The smallest absolute Gasteiger partial charge is 0.425 e. The van der Waals surface area contributed by atoms with Gasteiger partial charge < -0.3 is 8.61 Å². The number of halogens is 10. The predicted molar refractivity (Wildman–Crippen MR) is 196 cm³/mol. The Morgan fingerprint density at radius 1 is 0.352 bits per heavy atom. The van der Waals surface area contributed by atoms with E-state index in [1.807, 2.05) is 0 Å². The lowest BCUT2D eigenvalue weighted by Crippen LogP contribution is -2.50. The molecule has 0 N–H and O–H groups in total. The van der Waals surface area contributed by atoms with Crippen LogP contribution in [0.25, 0.3) is 4.13 Å². The van der Waals surface area contributed by atoms with Crippen LogP contribution in [-0.4, -0.2) is 70.4 Å². The van der Waals surface area contributed by atoms with Crippen LogP contribution in [0.3, 0.4) is 0 Å². The average molecular weight is 847 g/mol. The van der Waals surface area contributed by atoms with Crippen molar-refractivity contribution < 1.29 is 65.2 Å². The third-order valence-electron chi connectivity index (χ3n) is 9.45. The summed E-state index contributed by atoms with van der Waals surface area (Å²) in [7, 11) is -15.2. The zero-order valence-electron chi connectivity index (χ0n) is 32.9. The van der Waals surface area contributed by atoms with E-state index in [0.29, 0.717) is 4.13 Å². The van der Waals surface area contributed by atoms with Gasteiger partial charge >= 0.3 is 22.9 Å². The number of sulfonamides is 2. The summed E-state index contributed by atoms with van der Waals surface area (Å²) >= 11 is 0. The van der Waals surface area contributed by atoms with Gasteiger partial charge in [-0.05, 0) is 51.4 Å². The Morgan fingerprint density at radius 2 is 0.537 bits per heavy atom. The van der Waals surface area contributed by atoms with Crippen LogP contribution in [0.4, 0.5) is 43.9 Å². The normalized spacial score (nSPS) is 13.6. The lowest BCUT2D eigenvalue weighted by Gasteiger charge is -2.40. The average Bonchev–Trinajstić information content (AvgIpc) is 3.06. The van der Waals surface area contributed by atoms with Crippen molar-refractivity contribution in [3.05, 3.63) is 4.13 Å². The van der Waals surface area contributed by atoms with Gasteiger partial charge in [-0.15, -0.1) is 0 Å². The van der Waals surface area contributed by atoms with Crippen molar-refractivity contribution in [2.24, 2.45) is 0 Å². The number of alkyl halides is 10. The Hall–Kier alpha value is -0.880. The van der Waals surface area contributed by atoms with E-state index < -0.39 is 42.9 Å². The summed E-state index contributed by atoms with van der Waals surface area (Å²) in [5.41, 5.74) is 0. The molecule has 6 nitrogen and oxygen atoms in total. The number of hydrogen-bond donors (Lipinski definition) is 0. The fraction of sp³-hybridized carbons (Fsp3) is 1.00. The zero-order valence-corrected chi connectivity index (χ0v) is 34.6. The van der Waals surface area contributed by atoms with Crippen molar-refractivity contribution in [3.8, 4) is 0 Å². The van der Waals surface area contributed by atoms with Gasteiger partial charge in [-0.25, -0.2) is 16.8 Å². The van der Waals surface area contributed by atoms with E-state index >= 15 is 0 Å². The fourth-order valence-corrected chi connectivity index (χ4v) is 8.46. The highest BCUT2D eigenvalue weighted by molar-refractivity contribution is 8.13. The molecular formula is C36H68F10N2O4S2. The predicted octanol–water partition coefficient (Wildman–Crippen LogP) is 13.6. The van der Waals surface area contributed by atoms with Crippen molar-refractivity contribution in [1.29, 1.82) is 0 Å². The third kappa shape index (κ3) is 21.6. The molecule has 0 aliphatic carbocycles. The summed E-state index contributed by atoms with van der Waals surface area (Å²) in [5, 5.41) is -14.0. The van der Waals surface area contributed by atoms with Crippen molar-refractivity contribution in [1.82, 2.24) is 0 Å². The SMILES string of the molecule is CCCCCCCC[N+](CCCCCCCC)(CCCCCCCC)CCCCCCCC.O=S(=O)([N-]S(=O)(=O)C(F)(F)C(F)(F)F)C(F)(F)C(F)(F)F. The Kier molecular flexibility index (Phi) is 28.3. The van der Waals surface area contributed by atoms with E-state index in [1.165, 1.54) is 185 Å². The molecule has 0 aromatic heterocycles. The summed E-state index contributed by atoms with van der Waals surface area (Å²) in [4.78, 5) is 0. The summed E-state index contributed by atoms with van der Waals surface area (Å²) in [6.45, 7) is 15.3. The molecule has 0 radical (unpaired) electrons. The minimum absolute atomic E-state index is 0.422. The van der Waals surface area contributed by atoms with Crippen LogP contribution in [0.15, 0.2) is 0 Å². The van der Waals surface area contributed by atoms with Gasteiger partial charge in [0.05, 0.1) is 26.2 Å². The fourth-order valence-electron chi connectivity index (χ4n) is 6.10. The molecule has 328 valence electrons. The van der Waals surface area contributed by atoms with Crippen molar-refractivity contribution >= 4 is 20.0 Å². The van der Waals surface area contributed by atoms with Crippen molar-refractivity contribution in [2.45, 2.75) is 205 Å². The lowest BCUT2D eigenvalue weighted by molar-refractivity contribution is -0.929. The first kappa shape index (κ1) is 55.2. The Balaban J connectivity index is 0. The van der Waals surface area contributed by atoms with Gasteiger partial charge in [0.25, 0.3) is 0 Å². The van der Waals surface area contributed by atoms with Gasteiger partial charge in [0.2, 0.25) is 0 Å². The van der Waals surface area contributed by atoms with E-state index in [-0.39, 0.29) is 0 Å². The minimum atomic E-state index is -7.62. The van der Waals surface area contributed by atoms with Gasteiger partial charge in [-0.3, -0.25) is 0 Å². The Bertz CT molecular complexity index is 1030. The number of rotatable bonds is 32. The molecule has 0 unspecified atom stereocenters. The van der Waals surface area contributed by atoms with Gasteiger partial charge in [0.15, 0.2) is 20.0 Å². The molecule has 0 spiro atoms. The molecule has 54 heavy (non-hydrogen) atoms. The first-order valence-corrected chi connectivity index (χ1v) is 22.8. The highest BCUT2D eigenvalue weighted by Gasteiger charge is 2.68. The van der Waals surface area contributed by atoms with Gasteiger partial charge in [0, 0.05) is 0 Å². The highest BCUT2D eigenvalue weighted by Crippen LogP contribution is 2.47. The molecule has 0 aromatic carbocycles. The standard InChI is InChI=1S/C32H68N.C4F10NO4S2/c1-5-9-13-17-21-25-29-33(30-26-22-18-14-10-6-2,31-27-23-19-15-11-7-3)32-28-24-20-16-12-8-4;5-1(6,7)3(11,12)20(16,17)15-21(18,19)4(13,14)2(8,9)10/h5-32H2,1-4H3;/q+1;-1. The largest absolute Gasteiger partial charge is 0.467 e. The van der Waals surface area contributed by atoms with Crippen LogP contribution in [0, 0.1) is 0 Å². The van der Waals surface area contributed by atoms with Crippen LogP contribution in [0.5, 0.6) is 0 Å². The van der Waals surface area contributed by atoms with Gasteiger partial charge in [0.1, 0.15) is 0 Å². The van der Waals surface area contributed by atoms with Crippen LogP contribution in [-0.2, 0) is 20.0 Å². The first-order chi connectivity index (χ1) is 24.9. The quantitative estimate of drug-likeness (QED) is 0.0384. The number of unbranched alkanes of at least 4 members (excludes halogenated alkanes) is 20. The topological polar surface area (TPSA) is 82.4 Å². The maximum Gasteiger partial charge on any atom is 0.467 e. The molecule has 0 aromatic rings. The van der Waals surface area contributed by atoms with E-state index in [0.717, 1.165) is 0 Å². The molecule has 0 fully saturated rings. The van der Waals surface area contributed by atoms with Crippen LogP contribution >= 0.6 is 0 Å². The molecule has 0 saturated carbocycles. The first-order valence-electron chi connectivity index (χ1n) is 19.9. The molecule has 0 atom stereocenters. The second-order valence-corrected chi connectivity index (χ2v) is 17.9. The Labute approximate surface area is 319 Å². The Morgan fingerprint density at radius 3 is 0.722 bits per heavy atom. The van der Waals surface area contributed by atoms with E-state index in [4.69, 9.17) is 0 Å². The second kappa shape index (κ2) is 27.7. The molecule has 0 saturated heterocycles. The molecule has 18 heteroatoms. The van der Waals surface area contributed by atoms with E-state index in [2.05, 4.69) is 27.7 Å². The minimum Gasteiger partial charge on any atom is -0.425 e. The molecule has 0 bridgehead atoms. The highest BCUT2D eigenvalue weighted by atomic mass is 32.3. The summed E-state index contributed by atoms with van der Waals surface area (Å²) in [6.07, 6.45) is 20.8. The number of hydrogen-bond acceptors (Lipinski definition) is 4.